The molecule has 0 aliphatic heterocycles. The van der Waals surface area contributed by atoms with E-state index in [4.69, 9.17) is 34.2 Å². The maximum atomic E-state index is 12.0. The highest BCUT2D eigenvalue weighted by molar-refractivity contribution is 5.79. The predicted molar refractivity (Wildman–Crippen MR) is 121 cm³/mol. The molecule has 0 aliphatic carbocycles. The van der Waals surface area contributed by atoms with E-state index in [0.29, 0.717) is 5.56 Å². The molecule has 0 aliphatic rings. The van der Waals surface area contributed by atoms with Gasteiger partial charge in [-0.2, -0.15) is 0 Å². The Hall–Kier alpha value is -3.54. The van der Waals surface area contributed by atoms with Crippen molar-refractivity contribution < 1.29 is 52.7 Å². The third-order valence-electron chi connectivity index (χ3n) is 4.35. The van der Waals surface area contributed by atoms with Crippen molar-refractivity contribution in [2.45, 2.75) is 59.1 Å². The molecule has 1 aromatic rings. The Labute approximate surface area is 203 Å². The maximum absolute atomic E-state index is 12.0. The van der Waals surface area contributed by atoms with Crippen LogP contribution in [0, 0.1) is 5.92 Å². The van der Waals surface area contributed by atoms with E-state index >= 15 is 0 Å². The highest BCUT2D eigenvalue weighted by atomic mass is 16.7. The Morgan fingerprint density at radius 1 is 0.914 bits per heavy atom. The van der Waals surface area contributed by atoms with Gasteiger partial charge < -0.3 is 39.3 Å². The second-order valence-electron chi connectivity index (χ2n) is 8.08. The summed E-state index contributed by atoms with van der Waals surface area (Å²) in [5.41, 5.74) is 4.63. The number of hydrogen-bond donors (Lipinski definition) is 2. The number of carboxylic acids is 1. The van der Waals surface area contributed by atoms with E-state index < -0.39 is 36.1 Å². The fourth-order valence-corrected chi connectivity index (χ4v) is 2.89. The Morgan fingerprint density at radius 2 is 1.49 bits per heavy atom. The van der Waals surface area contributed by atoms with Crippen LogP contribution in [0.25, 0.3) is 0 Å². The van der Waals surface area contributed by atoms with Crippen LogP contribution in [0.15, 0.2) is 18.2 Å². The number of carboxylic acid groups (broad SMARTS) is 1. The van der Waals surface area contributed by atoms with E-state index in [1.54, 1.807) is 13.8 Å². The summed E-state index contributed by atoms with van der Waals surface area (Å²) in [4.78, 5) is 47.3. The summed E-state index contributed by atoms with van der Waals surface area (Å²) in [6, 6.07) is 4.03. The Bertz CT molecular complexity index is 886. The van der Waals surface area contributed by atoms with Crippen LogP contribution < -0.4 is 15.2 Å². The third-order valence-corrected chi connectivity index (χ3v) is 4.35. The van der Waals surface area contributed by atoms with Crippen molar-refractivity contribution in [1.82, 2.24) is 0 Å². The van der Waals surface area contributed by atoms with Crippen LogP contribution >= 0.6 is 0 Å². The summed E-state index contributed by atoms with van der Waals surface area (Å²) in [6.45, 7) is 8.62. The van der Waals surface area contributed by atoms with E-state index in [0.717, 1.165) is 0 Å². The summed E-state index contributed by atoms with van der Waals surface area (Å²) >= 11 is 0. The number of ether oxygens (including phenoxy) is 6. The predicted octanol–water partition coefficient (Wildman–Crippen LogP) is 3.67. The molecule has 3 N–H and O–H groups in total. The largest absolute Gasteiger partial charge is 0.513 e. The highest BCUT2D eigenvalue weighted by Crippen LogP contribution is 2.31. The van der Waals surface area contributed by atoms with Gasteiger partial charge in [0.2, 0.25) is 0 Å². The van der Waals surface area contributed by atoms with Gasteiger partial charge in [-0.05, 0) is 44.4 Å². The van der Waals surface area contributed by atoms with Crippen molar-refractivity contribution in [1.29, 1.82) is 0 Å². The van der Waals surface area contributed by atoms with Gasteiger partial charge in [-0.3, -0.25) is 4.79 Å². The minimum Gasteiger partial charge on any atom is -0.480 e. The van der Waals surface area contributed by atoms with Gasteiger partial charge in [0.05, 0.1) is 19.8 Å². The lowest BCUT2D eigenvalue weighted by Crippen LogP contribution is -2.52. The smallest absolute Gasteiger partial charge is 0.480 e. The van der Waals surface area contributed by atoms with Crippen molar-refractivity contribution in [3.63, 3.8) is 0 Å². The molecule has 1 aromatic carbocycles. The Morgan fingerprint density at radius 3 is 2.00 bits per heavy atom. The van der Waals surface area contributed by atoms with Gasteiger partial charge in [0.1, 0.15) is 11.6 Å². The van der Waals surface area contributed by atoms with Crippen LogP contribution in [0.5, 0.6) is 11.5 Å². The Balaban J connectivity index is 3.08. The van der Waals surface area contributed by atoms with Crippen LogP contribution in [0.1, 0.15) is 46.6 Å². The number of rotatable bonds is 12. The maximum Gasteiger partial charge on any atom is 0.513 e. The summed E-state index contributed by atoms with van der Waals surface area (Å²) in [5.74, 6) is -1.60. The first-order chi connectivity index (χ1) is 16.4. The molecule has 196 valence electrons. The monoisotopic (exact) mass is 499 g/mol. The number of benzene rings is 1. The molecule has 0 bridgehead atoms. The van der Waals surface area contributed by atoms with Crippen LogP contribution in [0.3, 0.4) is 0 Å². The lowest BCUT2D eigenvalue weighted by molar-refractivity contribution is -0.144. The van der Waals surface area contributed by atoms with Crippen molar-refractivity contribution in [3.05, 3.63) is 23.8 Å². The van der Waals surface area contributed by atoms with Gasteiger partial charge in [0.25, 0.3) is 0 Å². The van der Waals surface area contributed by atoms with E-state index in [2.05, 4.69) is 0 Å². The lowest BCUT2D eigenvalue weighted by Gasteiger charge is -2.28. The molecule has 0 aromatic heterocycles. The van der Waals surface area contributed by atoms with Gasteiger partial charge in [-0.1, -0.05) is 19.9 Å². The average molecular weight is 500 g/mol. The van der Waals surface area contributed by atoms with Gasteiger partial charge in [-0.15, -0.1) is 0 Å². The van der Waals surface area contributed by atoms with Crippen molar-refractivity contribution in [3.8, 4) is 11.5 Å². The van der Waals surface area contributed by atoms with Crippen molar-refractivity contribution >= 4 is 24.4 Å². The normalized spacial score (nSPS) is 13.2. The second kappa shape index (κ2) is 14.0. The number of hydrogen-bond acceptors (Lipinski definition) is 11. The summed E-state index contributed by atoms with van der Waals surface area (Å²) in [6.07, 6.45) is -4.37. The molecule has 2 atom stereocenters. The molecule has 1 rings (SSSR count). The van der Waals surface area contributed by atoms with Gasteiger partial charge in [-0.25, -0.2) is 14.4 Å². The van der Waals surface area contributed by atoms with Gasteiger partial charge >= 0.3 is 24.4 Å². The fraction of sp³-hybridized carbons (Fsp3) is 0.565. The zero-order chi connectivity index (χ0) is 26.6. The van der Waals surface area contributed by atoms with Gasteiger partial charge in [0, 0.05) is 12.8 Å². The number of aliphatic carboxylic acids is 1. The minimum absolute atomic E-state index is 0.0367. The fourth-order valence-electron chi connectivity index (χ4n) is 2.89. The number of nitrogens with two attached hydrogens (primary N) is 1. The molecule has 1 unspecified atom stereocenters. The molecule has 0 heterocycles. The zero-order valence-corrected chi connectivity index (χ0v) is 20.5. The average Bonchev–Trinajstić information content (AvgIpc) is 2.74. The summed E-state index contributed by atoms with van der Waals surface area (Å²) < 4.78 is 29.6. The third kappa shape index (κ3) is 10.5. The minimum atomic E-state index is -1.86. The summed E-state index contributed by atoms with van der Waals surface area (Å²) in [5, 5.41) is 9.78. The first-order valence-electron chi connectivity index (χ1n) is 11.1. The molecule has 35 heavy (non-hydrogen) atoms. The molecule has 12 heteroatoms. The first kappa shape index (κ1) is 29.5. The second-order valence-corrected chi connectivity index (χ2v) is 8.08. The molecule has 12 nitrogen and oxygen atoms in total. The number of carbonyl (C=O) groups is 4. The molecular weight excluding hydrogens is 466 g/mol. The molecule has 0 saturated carbocycles. The van der Waals surface area contributed by atoms with E-state index in [9.17, 15) is 24.3 Å². The molecule has 0 spiro atoms. The van der Waals surface area contributed by atoms with E-state index in [-0.39, 0.29) is 50.1 Å². The quantitative estimate of drug-likeness (QED) is 0.243. The first-order valence-corrected chi connectivity index (χ1v) is 11.1. The Kier molecular flexibility index (Phi) is 11.8. The van der Waals surface area contributed by atoms with Crippen LogP contribution in [-0.4, -0.2) is 61.0 Å². The standard InChI is InChI=1S/C23H33NO11/c1-6-30-20(27)34-17-9-8-16(10-18(17)35-21(28)31-7-2)12-23(24,19(25)26)11-15(5)33-22(29)32-13-14(3)4/h8-10,14-15H,6-7,11-13,24H2,1-5H3,(H,25,26)/t15-,23?/m0/s1. The SMILES string of the molecule is CCOC(=O)Oc1ccc(CC(N)(C[C@H](C)OC(=O)OCC(C)C)C(=O)O)cc1OC(=O)OCC. The summed E-state index contributed by atoms with van der Waals surface area (Å²) in [7, 11) is 0. The topological polar surface area (TPSA) is 170 Å². The molecular formula is C23H33NO11. The van der Waals surface area contributed by atoms with E-state index in [1.807, 2.05) is 13.8 Å². The molecule has 0 radical (unpaired) electrons. The van der Waals surface area contributed by atoms with Crippen LogP contribution in [0.2, 0.25) is 0 Å². The molecule has 0 saturated heterocycles. The van der Waals surface area contributed by atoms with Crippen molar-refractivity contribution in [2.75, 3.05) is 19.8 Å². The lowest BCUT2D eigenvalue weighted by atomic mass is 9.86. The zero-order valence-electron chi connectivity index (χ0n) is 20.5. The van der Waals surface area contributed by atoms with Crippen molar-refractivity contribution in [2.24, 2.45) is 11.7 Å². The highest BCUT2D eigenvalue weighted by Gasteiger charge is 2.37. The van der Waals surface area contributed by atoms with E-state index in [1.165, 1.54) is 25.1 Å². The number of carbonyl (C=O) groups excluding carboxylic acids is 3. The molecule has 0 amide bonds. The van der Waals surface area contributed by atoms with Crippen LogP contribution in [0.4, 0.5) is 14.4 Å². The van der Waals surface area contributed by atoms with Gasteiger partial charge in [0.15, 0.2) is 11.5 Å². The van der Waals surface area contributed by atoms with Crippen LogP contribution in [-0.2, 0) is 30.2 Å². The molecule has 0 fully saturated rings.